The number of para-hydroxylation sites is 1. The number of hydrogen-bond donors (Lipinski definition) is 0. The molecule has 0 spiro atoms. The fraction of sp³-hybridized carbons (Fsp3) is 0. The van der Waals surface area contributed by atoms with Crippen molar-refractivity contribution in [2.75, 3.05) is 0 Å². The molecule has 0 atom stereocenters. The lowest BCUT2D eigenvalue weighted by Crippen LogP contribution is -2.07. The van der Waals surface area contributed by atoms with Gasteiger partial charge in [0.2, 0.25) is 5.95 Å². The van der Waals surface area contributed by atoms with Crippen molar-refractivity contribution in [2.24, 2.45) is 0 Å². The molecular formula is C55H33N5. The molecule has 0 aliphatic rings. The predicted molar refractivity (Wildman–Crippen MR) is 249 cm³/mol. The first-order valence-electron chi connectivity index (χ1n) is 20.4. The molecule has 0 fully saturated rings. The maximum absolute atomic E-state index is 5.44. The molecule has 10 aromatic carbocycles. The molecule has 0 aliphatic carbocycles. The zero-order chi connectivity index (χ0) is 39.3. The van der Waals surface area contributed by atoms with Gasteiger partial charge in [-0.15, -0.1) is 0 Å². The molecule has 5 nitrogen and oxygen atoms in total. The fourth-order valence-electron chi connectivity index (χ4n) is 9.68. The van der Waals surface area contributed by atoms with E-state index in [1.807, 2.05) is 0 Å². The topological polar surface area (TPSA) is 48.5 Å². The van der Waals surface area contributed by atoms with Gasteiger partial charge in [0.05, 0.1) is 27.8 Å². The molecule has 0 saturated carbocycles. The number of rotatable bonds is 4. The van der Waals surface area contributed by atoms with Crippen LogP contribution in [-0.4, -0.2) is 24.1 Å². The summed E-state index contributed by atoms with van der Waals surface area (Å²) >= 11 is 0. The molecule has 0 aliphatic heterocycles. The van der Waals surface area contributed by atoms with Gasteiger partial charge in [-0.2, -0.15) is 9.97 Å². The minimum atomic E-state index is 0.566. The SMILES string of the molecule is c1ccc2cc3c(cc2c1)c1c(-n2c4ccccc4c4c5ccccc5ccc42)cccc1n3-c1nc(-c2cccc3ccccc23)nc(-c2cccc3ccccc23)n1. The van der Waals surface area contributed by atoms with Crippen LogP contribution in [0.15, 0.2) is 200 Å². The van der Waals surface area contributed by atoms with Crippen molar-refractivity contribution in [3.8, 4) is 34.4 Å². The first-order chi connectivity index (χ1) is 29.8. The number of aromatic nitrogens is 5. The van der Waals surface area contributed by atoms with E-state index < -0.39 is 0 Å². The van der Waals surface area contributed by atoms with Gasteiger partial charge < -0.3 is 4.57 Å². The Balaban J connectivity index is 1.18. The Hall–Kier alpha value is -8.15. The van der Waals surface area contributed by atoms with E-state index in [0.717, 1.165) is 71.1 Å². The highest BCUT2D eigenvalue weighted by molar-refractivity contribution is 6.23. The fourth-order valence-corrected chi connectivity index (χ4v) is 9.68. The monoisotopic (exact) mass is 763 g/mol. The second kappa shape index (κ2) is 12.7. The molecular weight excluding hydrogens is 731 g/mol. The summed E-state index contributed by atoms with van der Waals surface area (Å²) < 4.78 is 4.71. The third-order valence-corrected chi connectivity index (χ3v) is 12.3. The molecule has 13 rings (SSSR count). The zero-order valence-corrected chi connectivity index (χ0v) is 32.3. The van der Waals surface area contributed by atoms with Crippen molar-refractivity contribution >= 4 is 86.7 Å². The van der Waals surface area contributed by atoms with E-state index in [2.05, 4.69) is 209 Å². The van der Waals surface area contributed by atoms with E-state index >= 15 is 0 Å². The summed E-state index contributed by atoms with van der Waals surface area (Å²) in [5.74, 6) is 1.82. The molecule has 0 saturated heterocycles. The summed E-state index contributed by atoms with van der Waals surface area (Å²) in [6.45, 7) is 0. The first-order valence-corrected chi connectivity index (χ1v) is 20.4. The van der Waals surface area contributed by atoms with Gasteiger partial charge in [0.1, 0.15) is 0 Å². The Morgan fingerprint density at radius 3 is 1.47 bits per heavy atom. The Morgan fingerprint density at radius 1 is 0.283 bits per heavy atom. The number of fused-ring (bicyclic) bond motifs is 11. The minimum absolute atomic E-state index is 0.566. The molecule has 5 heteroatoms. The number of benzene rings is 10. The van der Waals surface area contributed by atoms with Crippen LogP contribution in [-0.2, 0) is 0 Å². The van der Waals surface area contributed by atoms with Gasteiger partial charge >= 0.3 is 0 Å². The maximum Gasteiger partial charge on any atom is 0.238 e. The average Bonchev–Trinajstić information content (AvgIpc) is 3.83. The second-order valence-corrected chi connectivity index (χ2v) is 15.6. The van der Waals surface area contributed by atoms with Gasteiger partial charge in [0, 0.05) is 32.7 Å². The van der Waals surface area contributed by atoms with Crippen LogP contribution in [0.4, 0.5) is 0 Å². The van der Waals surface area contributed by atoms with Crippen molar-refractivity contribution < 1.29 is 0 Å². The van der Waals surface area contributed by atoms with Gasteiger partial charge in [-0.3, -0.25) is 4.57 Å². The molecule has 3 aromatic heterocycles. The van der Waals surface area contributed by atoms with Crippen LogP contribution < -0.4 is 0 Å². The molecule has 0 radical (unpaired) electrons. The summed E-state index contributed by atoms with van der Waals surface area (Å²) in [6, 6.07) is 71.5. The lowest BCUT2D eigenvalue weighted by Gasteiger charge is -2.14. The normalized spacial score (nSPS) is 12.0. The number of hydrogen-bond acceptors (Lipinski definition) is 3. The van der Waals surface area contributed by atoms with Crippen LogP contribution in [0, 0.1) is 0 Å². The highest BCUT2D eigenvalue weighted by atomic mass is 15.2. The molecule has 278 valence electrons. The maximum atomic E-state index is 5.44. The van der Waals surface area contributed by atoms with Crippen LogP contribution in [0.25, 0.3) is 121 Å². The van der Waals surface area contributed by atoms with E-state index in [0.29, 0.717) is 17.6 Å². The Labute approximate surface area is 344 Å². The highest BCUT2D eigenvalue weighted by Gasteiger charge is 2.24. The van der Waals surface area contributed by atoms with Crippen molar-refractivity contribution in [3.63, 3.8) is 0 Å². The summed E-state index contributed by atoms with van der Waals surface area (Å²) in [7, 11) is 0. The standard InChI is InChI=1S/C55H33N5/c1-2-18-38-33-50-45(32-37(38)17-1)52-47(59-46-27-10-9-24-44(46)51-41-23-8-5-16-36(41)30-31-49(51)59)28-13-29-48(52)60(50)55-57-53(42-25-11-19-34-14-3-6-21-39(34)42)56-54(58-55)43-26-12-20-35-15-4-7-22-40(35)43/h1-33H. The smallest absolute Gasteiger partial charge is 0.238 e. The zero-order valence-electron chi connectivity index (χ0n) is 32.3. The van der Waals surface area contributed by atoms with Crippen LogP contribution in [0.1, 0.15) is 0 Å². The minimum Gasteiger partial charge on any atom is -0.309 e. The lowest BCUT2D eigenvalue weighted by atomic mass is 10.0. The highest BCUT2D eigenvalue weighted by Crippen LogP contribution is 2.43. The molecule has 0 unspecified atom stereocenters. The Bertz CT molecular complexity index is 3800. The van der Waals surface area contributed by atoms with Gasteiger partial charge in [-0.05, 0) is 79.5 Å². The third kappa shape index (κ3) is 4.77. The van der Waals surface area contributed by atoms with Crippen LogP contribution in [0.2, 0.25) is 0 Å². The summed E-state index contributed by atoms with van der Waals surface area (Å²) in [5.41, 5.74) is 7.40. The third-order valence-electron chi connectivity index (χ3n) is 12.3. The lowest BCUT2D eigenvalue weighted by molar-refractivity contribution is 0.955. The van der Waals surface area contributed by atoms with E-state index in [9.17, 15) is 0 Å². The van der Waals surface area contributed by atoms with Crippen molar-refractivity contribution in [1.29, 1.82) is 0 Å². The van der Waals surface area contributed by atoms with Gasteiger partial charge in [-0.1, -0.05) is 164 Å². The molecule has 60 heavy (non-hydrogen) atoms. The predicted octanol–water partition coefficient (Wildman–Crippen LogP) is 14.0. The Kier molecular flexibility index (Phi) is 6.95. The average molecular weight is 764 g/mol. The molecule has 3 heterocycles. The van der Waals surface area contributed by atoms with Crippen LogP contribution >= 0.6 is 0 Å². The van der Waals surface area contributed by atoms with Crippen LogP contribution in [0.3, 0.4) is 0 Å². The van der Waals surface area contributed by atoms with Crippen molar-refractivity contribution in [1.82, 2.24) is 24.1 Å². The first kappa shape index (κ1) is 32.9. The summed E-state index contributed by atoms with van der Waals surface area (Å²) in [4.78, 5) is 16.2. The molecule has 0 amide bonds. The quantitative estimate of drug-likeness (QED) is 0.179. The summed E-state index contributed by atoms with van der Waals surface area (Å²) in [5, 5.41) is 14.0. The molecule has 0 N–H and O–H groups in total. The van der Waals surface area contributed by atoms with Crippen molar-refractivity contribution in [3.05, 3.63) is 200 Å². The van der Waals surface area contributed by atoms with Crippen LogP contribution in [0.5, 0.6) is 0 Å². The van der Waals surface area contributed by atoms with E-state index in [1.54, 1.807) is 0 Å². The number of nitrogens with zero attached hydrogens (tertiary/aromatic N) is 5. The van der Waals surface area contributed by atoms with Crippen molar-refractivity contribution in [2.45, 2.75) is 0 Å². The van der Waals surface area contributed by atoms with Gasteiger partial charge in [-0.25, -0.2) is 4.98 Å². The molecule has 13 aromatic rings. The second-order valence-electron chi connectivity index (χ2n) is 15.6. The van der Waals surface area contributed by atoms with E-state index in [-0.39, 0.29) is 0 Å². The summed E-state index contributed by atoms with van der Waals surface area (Å²) in [6.07, 6.45) is 0. The largest absolute Gasteiger partial charge is 0.309 e. The van der Waals surface area contributed by atoms with E-state index in [1.165, 1.54) is 32.4 Å². The van der Waals surface area contributed by atoms with Gasteiger partial charge in [0.15, 0.2) is 11.6 Å². The molecule has 0 bridgehead atoms. The van der Waals surface area contributed by atoms with Gasteiger partial charge in [0.25, 0.3) is 0 Å². The van der Waals surface area contributed by atoms with E-state index in [4.69, 9.17) is 15.0 Å². The Morgan fingerprint density at radius 2 is 0.783 bits per heavy atom.